The van der Waals surface area contributed by atoms with Crippen molar-refractivity contribution in [2.24, 2.45) is 5.84 Å². The highest BCUT2D eigenvalue weighted by Crippen LogP contribution is 2.47. The van der Waals surface area contributed by atoms with Crippen molar-refractivity contribution in [3.05, 3.63) is 59.7 Å². The number of hydrogen-bond acceptors (Lipinski definition) is 3. The molecule has 0 aromatic heterocycles. The van der Waals surface area contributed by atoms with Gasteiger partial charge in [-0.2, -0.15) is 0 Å². The van der Waals surface area contributed by atoms with Crippen LogP contribution in [0.1, 0.15) is 18.1 Å². The van der Waals surface area contributed by atoms with Crippen LogP contribution in [-0.2, 0) is 10.2 Å². The molecule has 1 aliphatic rings. The second-order valence-electron chi connectivity index (χ2n) is 4.69. The lowest BCUT2D eigenvalue weighted by atomic mass is 9.73. The Morgan fingerprint density at radius 2 is 1.53 bits per heavy atom. The first-order valence-corrected chi connectivity index (χ1v) is 6.06. The van der Waals surface area contributed by atoms with E-state index in [2.05, 4.69) is 5.43 Å². The minimum absolute atomic E-state index is 0.254. The number of carbonyl (C=O) groups excluding carboxylic acids is 1. The number of nitrogens with two attached hydrogens (primary N) is 1. The Balaban J connectivity index is 2.31. The van der Waals surface area contributed by atoms with E-state index in [4.69, 9.17) is 10.6 Å². The molecule has 0 spiro atoms. The molecule has 4 nitrogen and oxygen atoms in total. The Morgan fingerprint density at radius 3 is 2.00 bits per heavy atom. The van der Waals surface area contributed by atoms with Gasteiger partial charge in [-0.1, -0.05) is 36.4 Å². The van der Waals surface area contributed by atoms with Gasteiger partial charge in [0.15, 0.2) is 0 Å². The van der Waals surface area contributed by atoms with E-state index >= 15 is 0 Å². The highest BCUT2D eigenvalue weighted by Gasteiger charge is 2.43. The third-order valence-electron chi connectivity index (χ3n) is 3.66. The highest BCUT2D eigenvalue weighted by molar-refractivity contribution is 5.93. The predicted molar refractivity (Wildman–Crippen MR) is 71.7 cm³/mol. The Hall–Kier alpha value is -2.33. The summed E-state index contributed by atoms with van der Waals surface area (Å²) in [5.41, 5.74) is 3.05. The molecule has 0 aliphatic carbocycles. The van der Waals surface area contributed by atoms with Crippen molar-refractivity contribution in [1.29, 1.82) is 0 Å². The number of hydrogen-bond donors (Lipinski definition) is 2. The molecule has 1 amide bonds. The van der Waals surface area contributed by atoms with Crippen LogP contribution < -0.4 is 16.0 Å². The number of benzene rings is 2. The molecule has 96 valence electrons. The fraction of sp³-hybridized carbons (Fsp3) is 0.133. The van der Waals surface area contributed by atoms with Gasteiger partial charge in [-0.25, -0.2) is 5.84 Å². The lowest BCUT2D eigenvalue weighted by Crippen LogP contribution is -2.47. The Kier molecular flexibility index (Phi) is 2.54. The molecule has 2 aromatic carbocycles. The normalized spacial score (nSPS) is 14.8. The largest absolute Gasteiger partial charge is 0.457 e. The quantitative estimate of drug-likeness (QED) is 0.465. The Bertz CT molecular complexity index is 607. The van der Waals surface area contributed by atoms with Crippen LogP contribution in [0.4, 0.5) is 0 Å². The molecule has 3 N–H and O–H groups in total. The molecule has 1 heterocycles. The third-order valence-corrected chi connectivity index (χ3v) is 3.66. The van der Waals surface area contributed by atoms with Crippen molar-refractivity contribution in [3.63, 3.8) is 0 Å². The number of hydrazine groups is 1. The summed E-state index contributed by atoms with van der Waals surface area (Å²) in [6.07, 6.45) is 0. The maximum atomic E-state index is 12.3. The van der Waals surface area contributed by atoms with Crippen molar-refractivity contribution >= 4 is 5.91 Å². The molecule has 0 saturated carbocycles. The molecule has 0 saturated heterocycles. The van der Waals surface area contributed by atoms with Gasteiger partial charge in [0.25, 0.3) is 0 Å². The molecule has 0 atom stereocenters. The monoisotopic (exact) mass is 254 g/mol. The smallest absolute Gasteiger partial charge is 0.248 e. The van der Waals surface area contributed by atoms with Crippen LogP contribution in [-0.4, -0.2) is 5.91 Å². The molecule has 0 fully saturated rings. The molecule has 4 heteroatoms. The van der Waals surface area contributed by atoms with Gasteiger partial charge < -0.3 is 4.74 Å². The molecule has 0 bridgehead atoms. The van der Waals surface area contributed by atoms with E-state index in [0.29, 0.717) is 11.5 Å². The number of ether oxygens (including phenoxy) is 1. The molecular weight excluding hydrogens is 240 g/mol. The van der Waals surface area contributed by atoms with E-state index in [-0.39, 0.29) is 5.91 Å². The molecule has 2 aromatic rings. The summed E-state index contributed by atoms with van der Waals surface area (Å²) in [6, 6.07) is 15.0. The van der Waals surface area contributed by atoms with Gasteiger partial charge in [0.1, 0.15) is 16.9 Å². The van der Waals surface area contributed by atoms with Gasteiger partial charge in [-0.15, -0.1) is 0 Å². The van der Waals surface area contributed by atoms with E-state index in [1.165, 1.54) is 0 Å². The summed E-state index contributed by atoms with van der Waals surface area (Å²) in [6.45, 7) is 1.86. The van der Waals surface area contributed by atoms with E-state index in [0.717, 1.165) is 11.1 Å². The first-order chi connectivity index (χ1) is 9.17. The van der Waals surface area contributed by atoms with Crippen LogP contribution in [0.3, 0.4) is 0 Å². The standard InChI is InChI=1S/C15H14N2O2/c1-15(14(18)17-16)10-6-2-4-8-12(10)19-13-9-5-3-7-11(13)15/h2-9H,16H2,1H3,(H,17,18). The van der Waals surface area contributed by atoms with Crippen molar-refractivity contribution < 1.29 is 9.53 Å². The summed E-state index contributed by atoms with van der Waals surface area (Å²) in [5, 5.41) is 0. The topological polar surface area (TPSA) is 64.4 Å². The van der Waals surface area contributed by atoms with Gasteiger partial charge in [-0.05, 0) is 19.1 Å². The molecule has 1 aliphatic heterocycles. The van der Waals surface area contributed by atoms with Crippen molar-refractivity contribution in [3.8, 4) is 11.5 Å². The molecule has 0 radical (unpaired) electrons. The van der Waals surface area contributed by atoms with Gasteiger partial charge in [-0.3, -0.25) is 10.2 Å². The zero-order valence-corrected chi connectivity index (χ0v) is 10.5. The zero-order chi connectivity index (χ0) is 13.5. The maximum Gasteiger partial charge on any atom is 0.248 e. The van der Waals surface area contributed by atoms with E-state index in [1.807, 2.05) is 55.5 Å². The SMILES string of the molecule is CC1(C(=O)NN)c2ccccc2Oc2ccccc21. The van der Waals surface area contributed by atoms with Crippen molar-refractivity contribution in [2.75, 3.05) is 0 Å². The number of rotatable bonds is 1. The first-order valence-electron chi connectivity index (χ1n) is 6.06. The summed E-state index contributed by atoms with van der Waals surface area (Å²) >= 11 is 0. The number of nitrogens with one attached hydrogen (secondary N) is 1. The lowest BCUT2D eigenvalue weighted by Gasteiger charge is -2.35. The highest BCUT2D eigenvalue weighted by atomic mass is 16.5. The van der Waals surface area contributed by atoms with E-state index in [1.54, 1.807) is 0 Å². The minimum Gasteiger partial charge on any atom is -0.457 e. The Morgan fingerprint density at radius 1 is 1.05 bits per heavy atom. The zero-order valence-electron chi connectivity index (χ0n) is 10.5. The summed E-state index contributed by atoms with van der Waals surface area (Å²) in [7, 11) is 0. The van der Waals surface area contributed by atoms with Crippen molar-refractivity contribution in [2.45, 2.75) is 12.3 Å². The maximum absolute atomic E-state index is 12.3. The van der Waals surface area contributed by atoms with Gasteiger partial charge in [0, 0.05) is 11.1 Å². The second-order valence-corrected chi connectivity index (χ2v) is 4.69. The molecule has 0 unspecified atom stereocenters. The van der Waals surface area contributed by atoms with Gasteiger partial charge >= 0.3 is 0 Å². The van der Waals surface area contributed by atoms with Crippen LogP contribution in [0.2, 0.25) is 0 Å². The second kappa shape index (κ2) is 4.10. The van der Waals surface area contributed by atoms with Crippen LogP contribution in [0, 0.1) is 0 Å². The molecule has 19 heavy (non-hydrogen) atoms. The summed E-state index contributed by atoms with van der Waals surface area (Å²) < 4.78 is 5.85. The summed E-state index contributed by atoms with van der Waals surface area (Å²) in [4.78, 5) is 12.3. The Labute approximate surface area is 111 Å². The van der Waals surface area contributed by atoms with Crippen LogP contribution in [0.25, 0.3) is 0 Å². The average Bonchev–Trinajstić information content (AvgIpc) is 2.46. The molecular formula is C15H14N2O2. The van der Waals surface area contributed by atoms with E-state index < -0.39 is 5.41 Å². The fourth-order valence-corrected chi connectivity index (χ4v) is 2.59. The minimum atomic E-state index is -0.847. The van der Waals surface area contributed by atoms with Gasteiger partial charge in [0.05, 0.1) is 0 Å². The number of fused-ring (bicyclic) bond motifs is 2. The van der Waals surface area contributed by atoms with Crippen LogP contribution in [0.5, 0.6) is 11.5 Å². The number of carbonyl (C=O) groups is 1. The predicted octanol–water partition coefficient (Wildman–Crippen LogP) is 2.09. The van der Waals surface area contributed by atoms with Gasteiger partial charge in [0.2, 0.25) is 5.91 Å². The number of amides is 1. The van der Waals surface area contributed by atoms with Crippen LogP contribution >= 0.6 is 0 Å². The van der Waals surface area contributed by atoms with Crippen molar-refractivity contribution in [1.82, 2.24) is 5.43 Å². The molecule has 3 rings (SSSR count). The van der Waals surface area contributed by atoms with E-state index in [9.17, 15) is 4.79 Å². The summed E-state index contributed by atoms with van der Waals surface area (Å²) in [5.74, 6) is 6.48. The number of para-hydroxylation sites is 2. The lowest BCUT2D eigenvalue weighted by molar-refractivity contribution is -0.125. The first kappa shape index (κ1) is 11.7. The van der Waals surface area contributed by atoms with Crippen LogP contribution in [0.15, 0.2) is 48.5 Å². The third kappa shape index (κ3) is 1.54. The average molecular weight is 254 g/mol. The fourth-order valence-electron chi connectivity index (χ4n) is 2.59.